The molecule has 1 heterocycles. The summed E-state index contributed by atoms with van der Waals surface area (Å²) in [6, 6.07) is 3.07. The maximum absolute atomic E-state index is 13.1. The lowest BCUT2D eigenvalue weighted by Crippen LogP contribution is -2.16. The third-order valence-corrected chi connectivity index (χ3v) is 4.97. The van der Waals surface area contributed by atoms with E-state index in [0.717, 1.165) is 6.26 Å². The summed E-state index contributed by atoms with van der Waals surface area (Å²) in [5.41, 5.74) is 1.15. The minimum Gasteiger partial charge on any atom is -0.481 e. The van der Waals surface area contributed by atoms with Gasteiger partial charge in [0.05, 0.1) is 36.4 Å². The molecule has 0 aliphatic carbocycles. The minimum absolute atomic E-state index is 0.219. The Morgan fingerprint density at radius 1 is 1.30 bits per heavy atom. The van der Waals surface area contributed by atoms with Crippen LogP contribution in [-0.2, 0) is 27.4 Å². The molecule has 0 radical (unpaired) electrons. The van der Waals surface area contributed by atoms with E-state index in [2.05, 4.69) is 10.4 Å². The van der Waals surface area contributed by atoms with Crippen LogP contribution in [0.5, 0.6) is 5.88 Å². The smallest absolute Gasteiger partial charge is 0.222 e. The van der Waals surface area contributed by atoms with E-state index < -0.39 is 15.6 Å². The molecule has 2 aromatic rings. The van der Waals surface area contributed by atoms with E-state index in [0.29, 0.717) is 29.4 Å². The molecule has 0 aliphatic rings. The van der Waals surface area contributed by atoms with Gasteiger partial charge in [-0.2, -0.15) is 5.10 Å². The second kappa shape index (κ2) is 8.73. The summed E-state index contributed by atoms with van der Waals surface area (Å²) in [6.45, 7) is 0.796. The number of sulfone groups is 1. The predicted octanol–water partition coefficient (Wildman–Crippen LogP) is 1.92. The van der Waals surface area contributed by atoms with E-state index in [1.165, 1.54) is 24.1 Å². The van der Waals surface area contributed by atoms with Crippen LogP contribution < -0.4 is 10.1 Å². The summed E-state index contributed by atoms with van der Waals surface area (Å²) in [5, 5.41) is 7.41. The first-order valence-corrected chi connectivity index (χ1v) is 10.5. The van der Waals surface area contributed by atoms with E-state index in [9.17, 15) is 13.2 Å². The van der Waals surface area contributed by atoms with Crippen LogP contribution in [0.15, 0.2) is 18.3 Å². The zero-order valence-electron chi connectivity index (χ0n) is 15.6. The first-order chi connectivity index (χ1) is 12.7. The van der Waals surface area contributed by atoms with Gasteiger partial charge in [0.2, 0.25) is 5.88 Å². The third-order valence-electron chi connectivity index (χ3n) is 3.84. The lowest BCUT2D eigenvalue weighted by atomic mass is 9.99. The molecule has 0 spiro atoms. The van der Waals surface area contributed by atoms with Crippen LogP contribution in [0.3, 0.4) is 0 Å². The number of carbonyl (C=O) groups is 1. The van der Waals surface area contributed by atoms with Gasteiger partial charge in [0.15, 0.2) is 15.6 Å². The lowest BCUT2D eigenvalue weighted by Gasteiger charge is -2.17. The van der Waals surface area contributed by atoms with Crippen molar-refractivity contribution in [2.75, 3.05) is 38.9 Å². The van der Waals surface area contributed by atoms with Gasteiger partial charge in [0, 0.05) is 38.1 Å². The van der Waals surface area contributed by atoms with Crippen LogP contribution in [0, 0.1) is 0 Å². The van der Waals surface area contributed by atoms with Crippen LogP contribution in [0.25, 0.3) is 0 Å². The first kappa shape index (κ1) is 21.2. The molecule has 8 nitrogen and oxygen atoms in total. The molecule has 0 fully saturated rings. The van der Waals surface area contributed by atoms with E-state index in [1.807, 2.05) is 0 Å². The van der Waals surface area contributed by atoms with Crippen molar-refractivity contribution in [3.05, 3.63) is 40.0 Å². The average molecular weight is 416 g/mol. The number of halogens is 1. The van der Waals surface area contributed by atoms with Gasteiger partial charge >= 0.3 is 0 Å². The van der Waals surface area contributed by atoms with Crippen molar-refractivity contribution in [2.45, 2.75) is 5.75 Å². The van der Waals surface area contributed by atoms with Crippen molar-refractivity contribution in [1.82, 2.24) is 9.78 Å². The highest BCUT2D eigenvalue weighted by molar-refractivity contribution is 7.89. The standard InChI is InChI=1S/C17H22ClN3O5S/c1-21-17(26-3)12(9-20-21)16(22)11-5-6-14(18)15(19-7-8-25-2)13(11)10-27(4,23)24/h5-6,9,19H,7-8,10H2,1-4H3. The molecule has 0 unspecified atom stereocenters. The molecule has 1 aromatic carbocycles. The topological polar surface area (TPSA) is 99.5 Å². The monoisotopic (exact) mass is 415 g/mol. The maximum Gasteiger partial charge on any atom is 0.222 e. The van der Waals surface area contributed by atoms with Crippen LogP contribution in [0.2, 0.25) is 5.02 Å². The second-order valence-electron chi connectivity index (χ2n) is 5.96. The zero-order chi connectivity index (χ0) is 20.2. The number of hydrogen-bond donors (Lipinski definition) is 1. The molecular formula is C17H22ClN3O5S. The number of hydrogen-bond acceptors (Lipinski definition) is 7. The predicted molar refractivity (Wildman–Crippen MR) is 104 cm³/mol. The fourth-order valence-corrected chi connectivity index (χ4v) is 3.75. The maximum atomic E-state index is 13.1. The number of methoxy groups -OCH3 is 2. The number of ketones is 1. The van der Waals surface area contributed by atoms with Gasteiger partial charge in [0.1, 0.15) is 5.56 Å². The Labute approximate surface area is 163 Å². The van der Waals surface area contributed by atoms with Crippen LogP contribution in [0.1, 0.15) is 21.5 Å². The SMILES string of the molecule is COCCNc1c(Cl)ccc(C(=O)c2cnn(C)c2OC)c1CS(C)(=O)=O. The van der Waals surface area contributed by atoms with E-state index in [4.69, 9.17) is 21.1 Å². The molecule has 27 heavy (non-hydrogen) atoms. The number of aryl methyl sites for hydroxylation is 1. The Kier molecular flexibility index (Phi) is 6.85. The molecule has 0 saturated carbocycles. The number of ether oxygens (including phenoxy) is 2. The molecule has 1 aromatic heterocycles. The van der Waals surface area contributed by atoms with Gasteiger partial charge in [-0.1, -0.05) is 11.6 Å². The Morgan fingerprint density at radius 2 is 2.00 bits per heavy atom. The highest BCUT2D eigenvalue weighted by Crippen LogP contribution is 2.33. The summed E-state index contributed by atoms with van der Waals surface area (Å²) in [7, 11) is 1.20. The molecule has 10 heteroatoms. The third kappa shape index (κ3) is 5.00. The van der Waals surface area contributed by atoms with Crippen molar-refractivity contribution < 1.29 is 22.7 Å². The van der Waals surface area contributed by atoms with Crippen LogP contribution >= 0.6 is 11.6 Å². The number of rotatable bonds is 9. The molecule has 0 bridgehead atoms. The normalized spacial score (nSPS) is 11.4. The van der Waals surface area contributed by atoms with Gasteiger partial charge in [0.25, 0.3) is 0 Å². The summed E-state index contributed by atoms with van der Waals surface area (Å²) in [5.74, 6) is -0.453. The van der Waals surface area contributed by atoms with Gasteiger partial charge in [-0.25, -0.2) is 13.1 Å². The molecule has 0 atom stereocenters. The Balaban J connectivity index is 2.60. The van der Waals surface area contributed by atoms with Gasteiger partial charge in [-0.05, 0) is 12.1 Å². The second-order valence-corrected chi connectivity index (χ2v) is 8.51. The van der Waals surface area contributed by atoms with Gasteiger partial charge < -0.3 is 14.8 Å². The molecule has 1 N–H and O–H groups in total. The number of nitrogens with one attached hydrogen (secondary N) is 1. The first-order valence-electron chi connectivity index (χ1n) is 8.02. The Bertz CT molecular complexity index is 940. The summed E-state index contributed by atoms with van der Waals surface area (Å²) in [6.07, 6.45) is 2.49. The summed E-state index contributed by atoms with van der Waals surface area (Å²) >= 11 is 6.27. The largest absolute Gasteiger partial charge is 0.481 e. The number of aromatic nitrogens is 2. The van der Waals surface area contributed by atoms with Crippen LogP contribution in [0.4, 0.5) is 5.69 Å². The average Bonchev–Trinajstić information content (AvgIpc) is 2.96. The number of benzene rings is 1. The number of anilines is 1. The summed E-state index contributed by atoms with van der Waals surface area (Å²) < 4.78 is 35.6. The Morgan fingerprint density at radius 3 is 2.59 bits per heavy atom. The molecule has 2 rings (SSSR count). The summed E-state index contributed by atoms with van der Waals surface area (Å²) in [4.78, 5) is 13.1. The van der Waals surface area contributed by atoms with E-state index in [-0.39, 0.29) is 22.8 Å². The fraction of sp³-hybridized carbons (Fsp3) is 0.412. The number of nitrogens with zero attached hydrogens (tertiary/aromatic N) is 2. The van der Waals surface area contributed by atoms with Crippen molar-refractivity contribution in [2.24, 2.45) is 7.05 Å². The Hall–Kier alpha value is -2.10. The highest BCUT2D eigenvalue weighted by Gasteiger charge is 2.25. The minimum atomic E-state index is -3.43. The van der Waals surface area contributed by atoms with E-state index in [1.54, 1.807) is 20.2 Å². The number of carbonyl (C=O) groups excluding carboxylic acids is 1. The fourth-order valence-electron chi connectivity index (χ4n) is 2.68. The van der Waals surface area contributed by atoms with Crippen molar-refractivity contribution in [1.29, 1.82) is 0 Å². The molecule has 0 aliphatic heterocycles. The molecule has 148 valence electrons. The van der Waals surface area contributed by atoms with Crippen molar-refractivity contribution in [3.8, 4) is 5.88 Å². The molecule has 0 amide bonds. The van der Waals surface area contributed by atoms with Crippen molar-refractivity contribution in [3.63, 3.8) is 0 Å². The van der Waals surface area contributed by atoms with Gasteiger partial charge in [-0.3, -0.25) is 4.79 Å². The van der Waals surface area contributed by atoms with Gasteiger partial charge in [-0.15, -0.1) is 0 Å². The highest BCUT2D eigenvalue weighted by atomic mass is 35.5. The quantitative estimate of drug-likeness (QED) is 0.493. The van der Waals surface area contributed by atoms with E-state index >= 15 is 0 Å². The van der Waals surface area contributed by atoms with Crippen molar-refractivity contribution >= 4 is 32.9 Å². The van der Waals surface area contributed by atoms with Crippen LogP contribution in [-0.4, -0.2) is 57.6 Å². The lowest BCUT2D eigenvalue weighted by molar-refractivity contribution is 0.103. The molecule has 0 saturated heterocycles. The molecular weight excluding hydrogens is 394 g/mol. The zero-order valence-corrected chi connectivity index (χ0v) is 17.1.